The first kappa shape index (κ1) is 10.8. The highest BCUT2D eigenvalue weighted by Crippen LogP contribution is 2.14. The molecular weight excluding hydrogens is 238 g/mol. The van der Waals surface area contributed by atoms with Gasteiger partial charge in [-0.25, -0.2) is 4.98 Å². The van der Waals surface area contributed by atoms with Crippen molar-refractivity contribution >= 4 is 11.8 Å². The smallest absolute Gasteiger partial charge is 0.238 e. The molecule has 0 aromatic carbocycles. The van der Waals surface area contributed by atoms with E-state index in [1.807, 2.05) is 11.8 Å². The molecule has 1 unspecified atom stereocenters. The molecule has 0 bridgehead atoms. The number of nitrogens with one attached hydrogen (secondary N) is 2. The quantitative estimate of drug-likeness (QED) is 0.836. The van der Waals surface area contributed by atoms with Crippen LogP contribution in [-0.4, -0.2) is 44.2 Å². The molecular formula is C10H13N5OS. The maximum absolute atomic E-state index is 5.22. The van der Waals surface area contributed by atoms with Gasteiger partial charge in [0.25, 0.3) is 0 Å². The number of hydrogen-bond donors (Lipinski definition) is 2. The van der Waals surface area contributed by atoms with Crippen LogP contribution in [0.4, 0.5) is 0 Å². The van der Waals surface area contributed by atoms with Crippen LogP contribution in [0.1, 0.15) is 5.89 Å². The van der Waals surface area contributed by atoms with Crippen LogP contribution in [0.3, 0.4) is 0 Å². The van der Waals surface area contributed by atoms with Gasteiger partial charge >= 0.3 is 0 Å². The monoisotopic (exact) mass is 251 g/mol. The zero-order chi connectivity index (χ0) is 11.5. The fourth-order valence-corrected chi connectivity index (χ4v) is 2.73. The van der Waals surface area contributed by atoms with Gasteiger partial charge in [0.05, 0.1) is 0 Å². The van der Waals surface area contributed by atoms with Gasteiger partial charge in [-0.05, 0) is 0 Å². The number of imidazole rings is 1. The third-order valence-corrected chi connectivity index (χ3v) is 3.73. The lowest BCUT2D eigenvalue weighted by atomic mass is 10.2. The predicted octanol–water partition coefficient (Wildman–Crippen LogP) is 0.707. The lowest BCUT2D eigenvalue weighted by molar-refractivity contribution is 0.363. The maximum Gasteiger partial charge on any atom is 0.238 e. The minimum atomic E-state index is 0.429. The summed E-state index contributed by atoms with van der Waals surface area (Å²) in [5.74, 6) is 4.10. The van der Waals surface area contributed by atoms with Crippen molar-refractivity contribution in [2.45, 2.75) is 12.5 Å². The zero-order valence-corrected chi connectivity index (χ0v) is 10.0. The Morgan fingerprint density at radius 1 is 1.53 bits per heavy atom. The van der Waals surface area contributed by atoms with E-state index < -0.39 is 0 Å². The Balaban J connectivity index is 1.68. The van der Waals surface area contributed by atoms with Gasteiger partial charge in [-0.1, -0.05) is 5.16 Å². The molecule has 0 aliphatic carbocycles. The number of rotatable bonds is 3. The third kappa shape index (κ3) is 2.50. The zero-order valence-electron chi connectivity index (χ0n) is 9.22. The molecule has 2 aromatic heterocycles. The topological polar surface area (TPSA) is 79.6 Å². The van der Waals surface area contributed by atoms with Crippen molar-refractivity contribution in [2.24, 2.45) is 0 Å². The van der Waals surface area contributed by atoms with Crippen LogP contribution in [0.15, 0.2) is 16.9 Å². The van der Waals surface area contributed by atoms with Gasteiger partial charge in [0.2, 0.25) is 11.7 Å². The Hall–Kier alpha value is -1.34. The molecule has 1 aliphatic heterocycles. The van der Waals surface area contributed by atoms with Gasteiger partial charge in [0, 0.05) is 42.9 Å². The van der Waals surface area contributed by atoms with Crippen molar-refractivity contribution in [3.05, 3.63) is 18.3 Å². The van der Waals surface area contributed by atoms with Crippen LogP contribution in [-0.2, 0) is 6.42 Å². The molecule has 1 saturated heterocycles. The van der Waals surface area contributed by atoms with E-state index in [9.17, 15) is 0 Å². The van der Waals surface area contributed by atoms with E-state index in [1.165, 1.54) is 5.75 Å². The molecule has 1 aliphatic rings. The molecule has 3 heterocycles. The second-order valence-corrected chi connectivity index (χ2v) is 5.03. The van der Waals surface area contributed by atoms with Crippen LogP contribution >= 0.6 is 11.8 Å². The summed E-state index contributed by atoms with van der Waals surface area (Å²) in [4.78, 5) is 11.4. The number of aromatic nitrogens is 4. The summed E-state index contributed by atoms with van der Waals surface area (Å²) in [5.41, 5.74) is 0. The predicted molar refractivity (Wildman–Crippen MR) is 64.7 cm³/mol. The fourth-order valence-electron chi connectivity index (χ4n) is 1.78. The Morgan fingerprint density at radius 2 is 2.53 bits per heavy atom. The molecule has 0 radical (unpaired) electrons. The van der Waals surface area contributed by atoms with E-state index in [2.05, 4.69) is 25.4 Å². The Labute approximate surface area is 103 Å². The average molecular weight is 251 g/mol. The van der Waals surface area contributed by atoms with Crippen LogP contribution < -0.4 is 5.32 Å². The number of hydrogen-bond acceptors (Lipinski definition) is 6. The van der Waals surface area contributed by atoms with Crippen molar-refractivity contribution < 1.29 is 4.52 Å². The summed E-state index contributed by atoms with van der Waals surface area (Å²) in [7, 11) is 0. The third-order valence-electron chi connectivity index (χ3n) is 2.60. The first-order chi connectivity index (χ1) is 8.42. The average Bonchev–Trinajstić information content (AvgIpc) is 3.00. The summed E-state index contributed by atoms with van der Waals surface area (Å²) in [5, 5.41) is 7.35. The van der Waals surface area contributed by atoms with Crippen molar-refractivity contribution in [3.8, 4) is 11.6 Å². The normalized spacial score (nSPS) is 20.6. The summed E-state index contributed by atoms with van der Waals surface area (Å²) < 4.78 is 5.22. The van der Waals surface area contributed by atoms with Gasteiger partial charge in [-0.2, -0.15) is 16.7 Å². The van der Waals surface area contributed by atoms with Crippen molar-refractivity contribution in [1.82, 2.24) is 25.4 Å². The number of aromatic amines is 1. The summed E-state index contributed by atoms with van der Waals surface area (Å²) in [6.07, 6.45) is 4.19. The fraction of sp³-hybridized carbons (Fsp3) is 0.500. The molecule has 2 N–H and O–H groups in total. The van der Waals surface area contributed by atoms with E-state index in [4.69, 9.17) is 4.52 Å². The molecule has 0 spiro atoms. The van der Waals surface area contributed by atoms with Gasteiger partial charge in [-0.15, -0.1) is 0 Å². The molecule has 90 valence electrons. The molecule has 17 heavy (non-hydrogen) atoms. The summed E-state index contributed by atoms with van der Waals surface area (Å²) in [6.45, 7) is 1.05. The standard InChI is InChI=1S/C10H13N5OS/c1-2-13-9(12-1)10-14-8(16-15-10)5-7-6-17-4-3-11-7/h1-2,7,11H,3-6H2,(H,12,13). The SMILES string of the molecule is c1c[nH]c(-c2noc(CC3CSCCN3)n2)n1. The van der Waals surface area contributed by atoms with Crippen molar-refractivity contribution in [1.29, 1.82) is 0 Å². The van der Waals surface area contributed by atoms with E-state index in [0.717, 1.165) is 18.7 Å². The van der Waals surface area contributed by atoms with E-state index in [-0.39, 0.29) is 0 Å². The molecule has 0 amide bonds. The molecule has 1 atom stereocenters. The van der Waals surface area contributed by atoms with Gasteiger partial charge in [0.15, 0.2) is 5.82 Å². The van der Waals surface area contributed by atoms with Crippen LogP contribution in [0.25, 0.3) is 11.6 Å². The minimum Gasteiger partial charge on any atom is -0.342 e. The lowest BCUT2D eigenvalue weighted by Crippen LogP contribution is -2.38. The second kappa shape index (κ2) is 4.89. The number of nitrogens with zero attached hydrogens (tertiary/aromatic N) is 3. The van der Waals surface area contributed by atoms with E-state index >= 15 is 0 Å². The first-order valence-electron chi connectivity index (χ1n) is 5.55. The Kier molecular flexibility index (Phi) is 3.10. The summed E-state index contributed by atoms with van der Waals surface area (Å²) >= 11 is 1.96. The number of thioether (sulfide) groups is 1. The second-order valence-electron chi connectivity index (χ2n) is 3.88. The van der Waals surface area contributed by atoms with Crippen LogP contribution in [0.5, 0.6) is 0 Å². The molecule has 1 fully saturated rings. The van der Waals surface area contributed by atoms with Crippen LogP contribution in [0.2, 0.25) is 0 Å². The molecule has 3 rings (SSSR count). The minimum absolute atomic E-state index is 0.429. The van der Waals surface area contributed by atoms with Crippen molar-refractivity contribution in [3.63, 3.8) is 0 Å². The van der Waals surface area contributed by atoms with E-state index in [1.54, 1.807) is 12.4 Å². The summed E-state index contributed by atoms with van der Waals surface area (Å²) in [6, 6.07) is 0.429. The highest BCUT2D eigenvalue weighted by atomic mass is 32.2. The van der Waals surface area contributed by atoms with Gasteiger partial charge < -0.3 is 14.8 Å². The van der Waals surface area contributed by atoms with Crippen molar-refractivity contribution in [2.75, 3.05) is 18.1 Å². The van der Waals surface area contributed by atoms with Gasteiger partial charge in [-0.3, -0.25) is 0 Å². The molecule has 7 heteroatoms. The molecule has 2 aromatic rings. The Morgan fingerprint density at radius 3 is 3.29 bits per heavy atom. The maximum atomic E-state index is 5.22. The first-order valence-corrected chi connectivity index (χ1v) is 6.71. The number of H-pyrrole nitrogens is 1. The molecule has 6 nitrogen and oxygen atoms in total. The molecule has 0 saturated carbocycles. The Bertz CT molecular complexity index is 463. The highest BCUT2D eigenvalue weighted by molar-refractivity contribution is 7.99. The highest BCUT2D eigenvalue weighted by Gasteiger charge is 2.18. The largest absolute Gasteiger partial charge is 0.342 e. The van der Waals surface area contributed by atoms with Crippen LogP contribution in [0, 0.1) is 0 Å². The lowest BCUT2D eigenvalue weighted by Gasteiger charge is -2.21. The van der Waals surface area contributed by atoms with E-state index in [0.29, 0.717) is 23.6 Å². The van der Waals surface area contributed by atoms with Gasteiger partial charge in [0.1, 0.15) is 0 Å².